The van der Waals surface area contributed by atoms with Crippen LogP contribution in [0.4, 0.5) is 0 Å². The van der Waals surface area contributed by atoms with Crippen molar-refractivity contribution in [2.75, 3.05) is 14.1 Å². The van der Waals surface area contributed by atoms with Crippen LogP contribution in [-0.4, -0.2) is 24.8 Å². The molecule has 0 aliphatic carbocycles. The average molecular weight is 281 g/mol. The fourth-order valence-electron chi connectivity index (χ4n) is 1.49. The maximum atomic E-state index is 11.9. The molecular formula is C17H15NOS. The van der Waals surface area contributed by atoms with Gasteiger partial charge in [-0.1, -0.05) is 30.0 Å². The van der Waals surface area contributed by atoms with Crippen molar-refractivity contribution >= 4 is 17.1 Å². The smallest absolute Gasteiger partial charge is 0.197 e. The second-order valence-electron chi connectivity index (χ2n) is 4.42. The summed E-state index contributed by atoms with van der Waals surface area (Å²) < 4.78 is 0. The zero-order chi connectivity index (χ0) is 14.4. The van der Waals surface area contributed by atoms with E-state index in [2.05, 4.69) is 11.8 Å². The predicted octanol–water partition coefficient (Wildman–Crippen LogP) is 3.41. The van der Waals surface area contributed by atoms with Gasteiger partial charge >= 0.3 is 0 Å². The first-order valence-corrected chi connectivity index (χ1v) is 7.02. The molecule has 0 saturated carbocycles. The zero-order valence-electron chi connectivity index (χ0n) is 11.5. The van der Waals surface area contributed by atoms with Crippen molar-refractivity contribution in [3.63, 3.8) is 0 Å². The third-order valence-corrected chi connectivity index (χ3v) is 3.49. The molecule has 2 rings (SSSR count). The number of ketones is 1. The summed E-state index contributed by atoms with van der Waals surface area (Å²) in [6, 6.07) is 13.5. The molecule has 0 radical (unpaired) electrons. The molecule has 0 spiro atoms. The monoisotopic (exact) mass is 281 g/mol. The Kier molecular flexibility index (Phi) is 4.75. The van der Waals surface area contributed by atoms with Crippen molar-refractivity contribution in [2.24, 2.45) is 0 Å². The van der Waals surface area contributed by atoms with E-state index in [9.17, 15) is 4.79 Å². The van der Waals surface area contributed by atoms with Crippen molar-refractivity contribution < 1.29 is 4.79 Å². The number of benzene rings is 1. The molecule has 0 N–H and O–H groups in total. The highest BCUT2D eigenvalue weighted by Crippen LogP contribution is 2.16. The van der Waals surface area contributed by atoms with Gasteiger partial charge in [-0.3, -0.25) is 4.79 Å². The molecule has 0 unspecified atom stereocenters. The number of carbonyl (C=O) groups excluding carboxylic acids is 1. The standard InChI is InChI=1S/C17H15NOS/c1-18(2)13-12-16(19)17-11-10-15(20-17)9-8-14-6-4-3-5-7-14/h3-7,10-13H,1-2H3. The summed E-state index contributed by atoms with van der Waals surface area (Å²) in [5.74, 6) is 6.18. The number of carbonyl (C=O) groups is 1. The third kappa shape index (κ3) is 4.11. The Labute approximate surface area is 123 Å². The lowest BCUT2D eigenvalue weighted by atomic mass is 10.2. The second-order valence-corrected chi connectivity index (χ2v) is 5.51. The number of hydrogen-bond acceptors (Lipinski definition) is 3. The van der Waals surface area contributed by atoms with Crippen LogP contribution < -0.4 is 0 Å². The van der Waals surface area contributed by atoms with Crippen LogP contribution >= 0.6 is 11.3 Å². The largest absolute Gasteiger partial charge is 0.383 e. The average Bonchev–Trinajstić information content (AvgIpc) is 2.92. The summed E-state index contributed by atoms with van der Waals surface area (Å²) in [5, 5.41) is 0. The Balaban J connectivity index is 2.10. The van der Waals surface area contributed by atoms with Crippen molar-refractivity contribution in [1.29, 1.82) is 0 Å². The molecule has 0 aliphatic rings. The molecule has 1 aromatic heterocycles. The minimum atomic E-state index is 0.0106. The quantitative estimate of drug-likeness (QED) is 0.488. The summed E-state index contributed by atoms with van der Waals surface area (Å²) in [6.45, 7) is 0. The lowest BCUT2D eigenvalue weighted by Gasteiger charge is -2.01. The SMILES string of the molecule is CN(C)C=CC(=O)c1ccc(C#Cc2ccccc2)s1. The van der Waals surface area contributed by atoms with Gasteiger partial charge in [0.25, 0.3) is 0 Å². The fraction of sp³-hybridized carbons (Fsp3) is 0.118. The molecule has 1 aromatic carbocycles. The molecule has 2 nitrogen and oxygen atoms in total. The molecule has 0 saturated heterocycles. The van der Waals surface area contributed by atoms with Crippen LogP contribution in [-0.2, 0) is 0 Å². The van der Waals surface area contributed by atoms with Gasteiger partial charge in [0.15, 0.2) is 5.78 Å². The first-order chi connectivity index (χ1) is 9.65. The number of rotatable bonds is 3. The Bertz CT molecular complexity index is 672. The molecular weight excluding hydrogens is 266 g/mol. The highest BCUT2D eigenvalue weighted by Gasteiger charge is 2.04. The Morgan fingerprint density at radius 3 is 2.55 bits per heavy atom. The van der Waals surface area contributed by atoms with Crippen LogP contribution in [0.25, 0.3) is 0 Å². The summed E-state index contributed by atoms with van der Waals surface area (Å²) in [5.41, 5.74) is 0.973. The van der Waals surface area contributed by atoms with E-state index in [-0.39, 0.29) is 5.78 Å². The summed E-state index contributed by atoms with van der Waals surface area (Å²) in [6.07, 6.45) is 3.32. The van der Waals surface area contributed by atoms with Gasteiger partial charge in [0.1, 0.15) is 0 Å². The minimum Gasteiger partial charge on any atom is -0.383 e. The number of thiophene rings is 1. The molecule has 100 valence electrons. The predicted molar refractivity (Wildman–Crippen MR) is 83.9 cm³/mol. The molecule has 2 aromatic rings. The van der Waals surface area contributed by atoms with Gasteiger partial charge in [0, 0.05) is 31.9 Å². The lowest BCUT2D eigenvalue weighted by Crippen LogP contribution is -2.02. The van der Waals surface area contributed by atoms with E-state index < -0.39 is 0 Å². The number of nitrogens with zero attached hydrogens (tertiary/aromatic N) is 1. The zero-order valence-corrected chi connectivity index (χ0v) is 12.3. The first-order valence-electron chi connectivity index (χ1n) is 6.21. The first kappa shape index (κ1) is 14.1. The molecule has 0 fully saturated rings. The van der Waals surface area contributed by atoms with E-state index in [0.717, 1.165) is 10.4 Å². The van der Waals surface area contributed by atoms with Gasteiger partial charge in [-0.2, -0.15) is 0 Å². The van der Waals surface area contributed by atoms with Crippen molar-refractivity contribution in [3.05, 3.63) is 70.1 Å². The maximum absolute atomic E-state index is 11.9. The molecule has 20 heavy (non-hydrogen) atoms. The van der Waals surface area contributed by atoms with Gasteiger partial charge < -0.3 is 4.90 Å². The maximum Gasteiger partial charge on any atom is 0.197 e. The van der Waals surface area contributed by atoms with Gasteiger partial charge in [-0.05, 0) is 24.3 Å². The molecule has 0 bridgehead atoms. The Morgan fingerprint density at radius 2 is 1.85 bits per heavy atom. The van der Waals surface area contributed by atoms with E-state index in [1.807, 2.05) is 61.5 Å². The van der Waals surface area contributed by atoms with Crippen LogP contribution in [0.5, 0.6) is 0 Å². The van der Waals surface area contributed by atoms with Crippen LogP contribution in [0.15, 0.2) is 54.7 Å². The van der Waals surface area contributed by atoms with E-state index >= 15 is 0 Å². The fourth-order valence-corrected chi connectivity index (χ4v) is 2.27. The van der Waals surface area contributed by atoms with Crippen LogP contribution in [0.2, 0.25) is 0 Å². The number of hydrogen-bond donors (Lipinski definition) is 0. The third-order valence-electron chi connectivity index (χ3n) is 2.48. The molecule has 0 aliphatic heterocycles. The molecule has 1 heterocycles. The van der Waals surface area contributed by atoms with Crippen LogP contribution in [0.1, 0.15) is 20.1 Å². The normalized spacial score (nSPS) is 10.1. The van der Waals surface area contributed by atoms with Gasteiger partial charge in [-0.15, -0.1) is 11.3 Å². The molecule has 0 atom stereocenters. The molecule has 3 heteroatoms. The van der Waals surface area contributed by atoms with E-state index in [0.29, 0.717) is 4.88 Å². The topological polar surface area (TPSA) is 20.3 Å². The summed E-state index contributed by atoms with van der Waals surface area (Å²) >= 11 is 1.42. The second kappa shape index (κ2) is 6.74. The Morgan fingerprint density at radius 1 is 1.10 bits per heavy atom. The molecule has 0 amide bonds. The highest BCUT2D eigenvalue weighted by molar-refractivity contribution is 7.14. The van der Waals surface area contributed by atoms with Crippen molar-refractivity contribution in [1.82, 2.24) is 4.90 Å². The highest BCUT2D eigenvalue weighted by atomic mass is 32.1. The van der Waals surface area contributed by atoms with Gasteiger partial charge in [0.2, 0.25) is 0 Å². The lowest BCUT2D eigenvalue weighted by molar-refractivity contribution is 0.104. The van der Waals surface area contributed by atoms with E-state index in [1.165, 1.54) is 11.3 Å². The van der Waals surface area contributed by atoms with E-state index in [1.54, 1.807) is 12.3 Å². The Hall–Kier alpha value is -2.31. The van der Waals surface area contributed by atoms with Crippen LogP contribution in [0.3, 0.4) is 0 Å². The van der Waals surface area contributed by atoms with E-state index in [4.69, 9.17) is 0 Å². The number of allylic oxidation sites excluding steroid dienone is 1. The van der Waals surface area contributed by atoms with Gasteiger partial charge in [-0.25, -0.2) is 0 Å². The van der Waals surface area contributed by atoms with Gasteiger partial charge in [0.05, 0.1) is 9.75 Å². The minimum absolute atomic E-state index is 0.0106. The van der Waals surface area contributed by atoms with Crippen molar-refractivity contribution in [2.45, 2.75) is 0 Å². The van der Waals surface area contributed by atoms with Crippen LogP contribution in [0, 0.1) is 11.8 Å². The van der Waals surface area contributed by atoms with Crippen molar-refractivity contribution in [3.8, 4) is 11.8 Å². The summed E-state index contributed by atoms with van der Waals surface area (Å²) in [7, 11) is 3.77. The summed E-state index contributed by atoms with van der Waals surface area (Å²) in [4.78, 5) is 15.3.